The minimum atomic E-state index is -0.650. The van der Waals surface area contributed by atoms with Gasteiger partial charge in [0.15, 0.2) is 0 Å². The van der Waals surface area contributed by atoms with Gasteiger partial charge in [0.05, 0.1) is 17.2 Å². The van der Waals surface area contributed by atoms with Crippen LogP contribution in [0.2, 0.25) is 0 Å². The van der Waals surface area contributed by atoms with Crippen LogP contribution >= 0.6 is 0 Å². The summed E-state index contributed by atoms with van der Waals surface area (Å²) >= 11 is 0. The highest BCUT2D eigenvalue weighted by Gasteiger charge is 2.42. The number of halogens is 1. The Morgan fingerprint density at radius 3 is 2.15 bits per heavy atom. The van der Waals surface area contributed by atoms with Gasteiger partial charge in [0.1, 0.15) is 5.82 Å². The largest absolute Gasteiger partial charge is 0.328 e. The summed E-state index contributed by atoms with van der Waals surface area (Å²) < 4.78 is 13.3. The van der Waals surface area contributed by atoms with E-state index >= 15 is 0 Å². The average Bonchev–Trinajstić information content (AvgIpc) is 2.93. The Morgan fingerprint density at radius 1 is 0.962 bits per heavy atom. The second-order valence-electron chi connectivity index (χ2n) is 6.20. The van der Waals surface area contributed by atoms with E-state index in [1.54, 1.807) is 42.5 Å². The molecule has 0 unspecified atom stereocenters. The summed E-state index contributed by atoms with van der Waals surface area (Å²) in [5.74, 6) is -1.15. The number of amides is 3. The predicted octanol–water partition coefficient (Wildman–Crippen LogP) is 2.26. The summed E-state index contributed by atoms with van der Waals surface area (Å²) in [7, 11) is 0. The van der Waals surface area contributed by atoms with Crippen molar-refractivity contribution in [1.29, 1.82) is 0 Å². The Hall–Kier alpha value is -3.28. The molecule has 129 valence electrons. The van der Waals surface area contributed by atoms with Gasteiger partial charge in [-0.15, -0.1) is 0 Å². The molecule has 1 radical (unpaired) electrons. The molecule has 0 aliphatic carbocycles. The zero-order valence-electron chi connectivity index (χ0n) is 13.7. The third-order valence-corrected chi connectivity index (χ3v) is 4.73. The molecule has 2 heterocycles. The lowest BCUT2D eigenvalue weighted by Gasteiger charge is -2.35. The van der Waals surface area contributed by atoms with Crippen molar-refractivity contribution in [2.75, 3.05) is 13.1 Å². The molecule has 26 heavy (non-hydrogen) atoms. The summed E-state index contributed by atoms with van der Waals surface area (Å²) in [6.45, 7) is 0.466. The highest BCUT2D eigenvalue weighted by Crippen LogP contribution is 2.32. The Balaban J connectivity index is 1.77. The van der Waals surface area contributed by atoms with E-state index in [4.69, 9.17) is 0 Å². The number of fused-ring (bicyclic) bond motifs is 1. The van der Waals surface area contributed by atoms with Crippen LogP contribution in [0, 0.1) is 5.82 Å². The molecule has 0 N–H and O–H groups in total. The summed E-state index contributed by atoms with van der Waals surface area (Å²) in [5, 5.41) is 0. The van der Waals surface area contributed by atoms with Gasteiger partial charge in [-0.1, -0.05) is 30.3 Å². The molecule has 0 spiro atoms. The zero-order chi connectivity index (χ0) is 18.3. The van der Waals surface area contributed by atoms with Crippen LogP contribution in [0.5, 0.6) is 0 Å². The van der Waals surface area contributed by atoms with Crippen LogP contribution in [0.15, 0.2) is 54.6 Å². The van der Waals surface area contributed by atoms with Crippen LogP contribution < -0.4 is 0 Å². The minimum Gasteiger partial charge on any atom is -0.328 e. The standard InChI is InChI=1S/C20H14FN2O3/c21-14-7-5-13(6-8-14)15-9-10-22(12-24)11-18(15)23-19(25)16-3-1-2-4-17(16)20(23)26/h1-9,18H,10-11H2/t18-/m1/s1. The number of hydrogen-bond acceptors (Lipinski definition) is 3. The second kappa shape index (κ2) is 6.22. The maximum atomic E-state index is 13.3. The van der Waals surface area contributed by atoms with Crippen LogP contribution in [0.1, 0.15) is 26.3 Å². The number of benzene rings is 2. The molecule has 2 aromatic carbocycles. The van der Waals surface area contributed by atoms with Gasteiger partial charge >= 0.3 is 6.41 Å². The molecule has 6 heteroatoms. The first-order chi connectivity index (χ1) is 12.6. The lowest BCUT2D eigenvalue weighted by atomic mass is 9.93. The number of nitrogens with zero attached hydrogens (tertiary/aromatic N) is 2. The molecule has 0 saturated carbocycles. The highest BCUT2D eigenvalue weighted by molar-refractivity contribution is 6.22. The van der Waals surface area contributed by atoms with Gasteiger partial charge in [-0.3, -0.25) is 19.3 Å². The van der Waals surface area contributed by atoms with Gasteiger partial charge in [0.2, 0.25) is 0 Å². The van der Waals surface area contributed by atoms with Crippen molar-refractivity contribution >= 4 is 23.8 Å². The second-order valence-corrected chi connectivity index (χ2v) is 6.20. The van der Waals surface area contributed by atoms with Gasteiger partial charge < -0.3 is 4.90 Å². The van der Waals surface area contributed by atoms with Crippen molar-refractivity contribution in [1.82, 2.24) is 9.80 Å². The van der Waals surface area contributed by atoms with Crippen molar-refractivity contribution in [3.8, 4) is 0 Å². The number of imide groups is 1. The molecule has 2 aliphatic heterocycles. The summed E-state index contributed by atoms with van der Waals surface area (Å²) in [6, 6.07) is 11.9. The summed E-state index contributed by atoms with van der Waals surface area (Å²) in [4.78, 5) is 39.3. The number of rotatable bonds is 3. The van der Waals surface area contributed by atoms with Crippen molar-refractivity contribution in [3.05, 3.63) is 77.1 Å². The lowest BCUT2D eigenvalue weighted by molar-refractivity contribution is 0.0603. The maximum absolute atomic E-state index is 13.3. The zero-order valence-corrected chi connectivity index (χ0v) is 13.7. The van der Waals surface area contributed by atoms with Crippen LogP contribution in [0.25, 0.3) is 5.57 Å². The molecule has 5 nitrogen and oxygen atoms in total. The first kappa shape index (κ1) is 16.2. The van der Waals surface area contributed by atoms with Gasteiger partial charge in [0.25, 0.3) is 11.8 Å². The molecule has 0 saturated heterocycles. The lowest BCUT2D eigenvalue weighted by Crippen LogP contribution is -2.49. The summed E-state index contributed by atoms with van der Waals surface area (Å²) in [6.07, 6.45) is 3.59. The SMILES string of the molecule is O=[C]N1CC=C(c2ccc(F)cc2)[C@H](N2C(=O)c3ccccc3C2=O)C1. The fourth-order valence-electron chi connectivity index (χ4n) is 3.47. The quantitative estimate of drug-likeness (QED) is 0.799. The van der Waals surface area contributed by atoms with Crippen LogP contribution in [-0.2, 0) is 4.79 Å². The molecule has 0 fully saturated rings. The molecule has 3 amide bonds. The van der Waals surface area contributed by atoms with Crippen molar-refractivity contribution < 1.29 is 18.8 Å². The average molecular weight is 349 g/mol. The molecule has 0 aromatic heterocycles. The first-order valence-electron chi connectivity index (χ1n) is 8.16. The Bertz CT molecular complexity index is 901. The van der Waals surface area contributed by atoms with E-state index in [0.29, 0.717) is 28.8 Å². The third kappa shape index (κ3) is 2.50. The van der Waals surface area contributed by atoms with Crippen LogP contribution in [0.4, 0.5) is 4.39 Å². The normalized spacial score (nSPS) is 19.4. The van der Waals surface area contributed by atoms with Crippen LogP contribution in [-0.4, -0.2) is 47.2 Å². The van der Waals surface area contributed by atoms with Gasteiger partial charge in [-0.25, -0.2) is 4.39 Å². The van der Waals surface area contributed by atoms with E-state index in [2.05, 4.69) is 0 Å². The number of hydrogen-bond donors (Lipinski definition) is 0. The number of carbonyl (C=O) groups excluding carboxylic acids is 3. The molecule has 2 aromatic rings. The predicted molar refractivity (Wildman–Crippen MR) is 92.4 cm³/mol. The first-order valence-corrected chi connectivity index (χ1v) is 8.16. The topological polar surface area (TPSA) is 57.7 Å². The minimum absolute atomic E-state index is 0.151. The van der Waals surface area contributed by atoms with E-state index < -0.39 is 17.9 Å². The van der Waals surface area contributed by atoms with Gasteiger partial charge in [-0.05, 0) is 35.4 Å². The fraction of sp³-hybridized carbons (Fsp3) is 0.150. The Morgan fingerprint density at radius 2 is 1.58 bits per heavy atom. The smallest absolute Gasteiger partial charge is 0.312 e. The summed E-state index contributed by atoms with van der Waals surface area (Å²) in [5.41, 5.74) is 2.12. The van der Waals surface area contributed by atoms with E-state index in [1.807, 2.05) is 6.41 Å². The van der Waals surface area contributed by atoms with E-state index in [1.165, 1.54) is 21.9 Å². The van der Waals surface area contributed by atoms with E-state index in [0.717, 1.165) is 0 Å². The van der Waals surface area contributed by atoms with E-state index in [9.17, 15) is 18.8 Å². The molecular weight excluding hydrogens is 335 g/mol. The van der Waals surface area contributed by atoms with E-state index in [-0.39, 0.29) is 12.4 Å². The highest BCUT2D eigenvalue weighted by atomic mass is 19.1. The Labute approximate surface area is 149 Å². The Kier molecular flexibility index (Phi) is 3.88. The van der Waals surface area contributed by atoms with Crippen molar-refractivity contribution in [2.24, 2.45) is 0 Å². The van der Waals surface area contributed by atoms with Crippen molar-refractivity contribution in [3.63, 3.8) is 0 Å². The maximum Gasteiger partial charge on any atom is 0.312 e. The molecule has 4 rings (SSSR count). The molecule has 0 bridgehead atoms. The fourth-order valence-corrected chi connectivity index (χ4v) is 3.47. The van der Waals surface area contributed by atoms with Gasteiger partial charge in [0, 0.05) is 13.1 Å². The monoisotopic (exact) mass is 349 g/mol. The molecular formula is C20H14FN2O3. The molecule has 1 atom stereocenters. The van der Waals surface area contributed by atoms with Crippen LogP contribution in [0.3, 0.4) is 0 Å². The molecule has 2 aliphatic rings. The number of carbonyl (C=O) groups is 2. The van der Waals surface area contributed by atoms with Crippen molar-refractivity contribution in [2.45, 2.75) is 6.04 Å². The third-order valence-electron chi connectivity index (χ3n) is 4.73. The van der Waals surface area contributed by atoms with Gasteiger partial charge in [-0.2, -0.15) is 0 Å².